The van der Waals surface area contributed by atoms with Gasteiger partial charge in [-0.2, -0.15) is 5.10 Å². The molecule has 0 bridgehead atoms. The molecule has 1 amide bonds. The Morgan fingerprint density at radius 2 is 2.10 bits per heavy atom. The topological polar surface area (TPSA) is 83.6 Å². The predicted molar refractivity (Wildman–Crippen MR) is 120 cm³/mol. The number of amides is 1. The number of pyridine rings is 2. The molecule has 0 aliphatic carbocycles. The normalized spacial score (nSPS) is 11.5. The Bertz CT molecular complexity index is 1400. The molecule has 0 aromatic carbocycles. The van der Waals surface area contributed by atoms with Gasteiger partial charge in [0, 0.05) is 28.8 Å². The predicted octanol–water partition coefficient (Wildman–Crippen LogP) is 3.93. The number of nitrogens with zero attached hydrogens (tertiary/aromatic N) is 6. The third-order valence-electron chi connectivity index (χ3n) is 5.50. The van der Waals surface area contributed by atoms with Crippen LogP contribution in [0.1, 0.15) is 33.0 Å². The SMILES string of the molecule is Cc1ccc2nc(CN(Cc3ncn4ccc(Br)cc34)C(=O)c3cn[nH]c3)cn2c1C. The number of nitrogens with one attached hydrogen (secondary N) is 1. The van der Waals surface area contributed by atoms with Gasteiger partial charge in [-0.1, -0.05) is 22.0 Å². The summed E-state index contributed by atoms with van der Waals surface area (Å²) in [4.78, 5) is 24.3. The molecule has 9 heteroatoms. The van der Waals surface area contributed by atoms with Crippen LogP contribution in [0.25, 0.3) is 11.2 Å². The highest BCUT2D eigenvalue weighted by molar-refractivity contribution is 9.10. The number of fused-ring (bicyclic) bond motifs is 2. The van der Waals surface area contributed by atoms with Crippen molar-refractivity contribution in [1.82, 2.24) is 33.9 Å². The van der Waals surface area contributed by atoms with Crippen LogP contribution in [0.4, 0.5) is 0 Å². The second kappa shape index (κ2) is 7.66. The van der Waals surface area contributed by atoms with Crippen molar-refractivity contribution in [3.63, 3.8) is 0 Å². The van der Waals surface area contributed by atoms with Crippen molar-refractivity contribution in [2.24, 2.45) is 0 Å². The van der Waals surface area contributed by atoms with E-state index in [0.29, 0.717) is 18.7 Å². The third-order valence-corrected chi connectivity index (χ3v) is 6.00. The molecule has 0 fully saturated rings. The number of H-pyrrole nitrogens is 1. The molecule has 0 spiro atoms. The second-order valence-electron chi connectivity index (χ2n) is 7.54. The maximum absolute atomic E-state index is 13.3. The van der Waals surface area contributed by atoms with Crippen molar-refractivity contribution in [2.75, 3.05) is 0 Å². The number of aryl methyl sites for hydroxylation is 2. The maximum atomic E-state index is 13.3. The van der Waals surface area contributed by atoms with Gasteiger partial charge in [0.05, 0.1) is 48.1 Å². The summed E-state index contributed by atoms with van der Waals surface area (Å²) in [6, 6.07) is 8.01. The van der Waals surface area contributed by atoms with E-state index in [1.54, 1.807) is 17.4 Å². The van der Waals surface area contributed by atoms with E-state index in [-0.39, 0.29) is 5.91 Å². The summed E-state index contributed by atoms with van der Waals surface area (Å²) in [5, 5.41) is 6.65. The Labute approximate surface area is 186 Å². The number of carbonyl (C=O) groups excluding carboxylic acids is 1. The van der Waals surface area contributed by atoms with E-state index in [9.17, 15) is 4.79 Å². The van der Waals surface area contributed by atoms with Gasteiger partial charge >= 0.3 is 0 Å². The van der Waals surface area contributed by atoms with Crippen molar-refractivity contribution >= 4 is 33.0 Å². The largest absolute Gasteiger partial charge is 0.327 e. The van der Waals surface area contributed by atoms with Gasteiger partial charge in [-0.05, 0) is 37.6 Å². The lowest BCUT2D eigenvalue weighted by Crippen LogP contribution is -2.30. The zero-order chi connectivity index (χ0) is 21.5. The van der Waals surface area contributed by atoms with Gasteiger partial charge in [0.2, 0.25) is 0 Å². The number of hydrogen-bond acceptors (Lipinski definition) is 4. The van der Waals surface area contributed by atoms with E-state index in [0.717, 1.165) is 32.7 Å². The van der Waals surface area contributed by atoms with Crippen molar-refractivity contribution in [2.45, 2.75) is 26.9 Å². The van der Waals surface area contributed by atoms with E-state index in [4.69, 9.17) is 4.98 Å². The minimum atomic E-state index is -0.130. The quantitative estimate of drug-likeness (QED) is 0.415. The molecule has 5 heterocycles. The summed E-state index contributed by atoms with van der Waals surface area (Å²) in [5.74, 6) is -0.130. The zero-order valence-electron chi connectivity index (χ0n) is 17.1. The summed E-state index contributed by atoms with van der Waals surface area (Å²) >= 11 is 3.52. The van der Waals surface area contributed by atoms with Crippen LogP contribution in [0.15, 0.2) is 59.9 Å². The lowest BCUT2D eigenvalue weighted by Gasteiger charge is -2.20. The summed E-state index contributed by atoms with van der Waals surface area (Å²) in [6.45, 7) is 4.85. The fourth-order valence-electron chi connectivity index (χ4n) is 3.68. The molecule has 0 aliphatic heterocycles. The molecule has 0 atom stereocenters. The summed E-state index contributed by atoms with van der Waals surface area (Å²) < 4.78 is 4.96. The highest BCUT2D eigenvalue weighted by Crippen LogP contribution is 2.20. The molecular formula is C22H20BrN7O. The van der Waals surface area contributed by atoms with E-state index in [1.807, 2.05) is 35.0 Å². The van der Waals surface area contributed by atoms with Crippen LogP contribution in [-0.2, 0) is 13.1 Å². The molecule has 156 valence electrons. The lowest BCUT2D eigenvalue weighted by molar-refractivity contribution is 0.0727. The Kier molecular flexibility index (Phi) is 4.82. The minimum Gasteiger partial charge on any atom is -0.327 e. The summed E-state index contributed by atoms with van der Waals surface area (Å²) in [5.41, 5.74) is 6.27. The van der Waals surface area contributed by atoms with Gasteiger partial charge in [0.25, 0.3) is 5.91 Å². The van der Waals surface area contributed by atoms with E-state index in [1.165, 1.54) is 11.8 Å². The van der Waals surface area contributed by atoms with E-state index >= 15 is 0 Å². The Morgan fingerprint density at radius 1 is 1.23 bits per heavy atom. The fourth-order valence-corrected chi connectivity index (χ4v) is 4.02. The number of aromatic amines is 1. The first-order valence-electron chi connectivity index (χ1n) is 9.83. The zero-order valence-corrected chi connectivity index (χ0v) is 18.7. The first kappa shape index (κ1) is 19.5. The van der Waals surface area contributed by atoms with Gasteiger partial charge in [0.15, 0.2) is 0 Å². The molecule has 5 aromatic rings. The first-order chi connectivity index (χ1) is 15.0. The molecule has 0 radical (unpaired) electrons. The fraction of sp³-hybridized carbons (Fsp3) is 0.182. The van der Waals surface area contributed by atoms with Gasteiger partial charge in [0.1, 0.15) is 5.65 Å². The van der Waals surface area contributed by atoms with Crippen LogP contribution in [0.5, 0.6) is 0 Å². The molecule has 0 saturated heterocycles. The molecule has 1 N–H and O–H groups in total. The molecular weight excluding hydrogens is 458 g/mol. The van der Waals surface area contributed by atoms with Crippen LogP contribution >= 0.6 is 15.9 Å². The number of carbonyl (C=O) groups is 1. The van der Waals surface area contributed by atoms with Crippen LogP contribution in [0, 0.1) is 13.8 Å². The van der Waals surface area contributed by atoms with Crippen molar-refractivity contribution < 1.29 is 4.79 Å². The Morgan fingerprint density at radius 3 is 2.90 bits per heavy atom. The molecule has 31 heavy (non-hydrogen) atoms. The number of rotatable bonds is 5. The summed E-state index contributed by atoms with van der Waals surface area (Å²) in [6.07, 6.45) is 8.83. The molecule has 8 nitrogen and oxygen atoms in total. The van der Waals surface area contributed by atoms with Gasteiger partial charge < -0.3 is 13.7 Å². The molecule has 5 aromatic heterocycles. The Hall–Kier alpha value is -3.46. The lowest BCUT2D eigenvalue weighted by atomic mass is 10.2. The van der Waals surface area contributed by atoms with E-state index < -0.39 is 0 Å². The van der Waals surface area contributed by atoms with Crippen LogP contribution in [0.3, 0.4) is 0 Å². The highest BCUT2D eigenvalue weighted by atomic mass is 79.9. The van der Waals surface area contributed by atoms with Gasteiger partial charge in [-0.25, -0.2) is 9.97 Å². The molecule has 0 unspecified atom stereocenters. The van der Waals surface area contributed by atoms with Crippen LogP contribution in [0.2, 0.25) is 0 Å². The van der Waals surface area contributed by atoms with Crippen LogP contribution in [-0.4, -0.2) is 39.8 Å². The van der Waals surface area contributed by atoms with Crippen molar-refractivity contribution in [3.8, 4) is 0 Å². The standard InChI is InChI=1S/C22H20BrN7O/c1-14-3-4-21-27-18(11-30(21)15(14)2)10-29(22(31)16-8-25-26-9-16)12-19-20-7-17(23)5-6-28(20)13-24-19/h3-9,11,13H,10,12H2,1-2H3,(H,25,26). The van der Waals surface area contributed by atoms with Gasteiger partial charge in [-0.3, -0.25) is 9.89 Å². The van der Waals surface area contributed by atoms with Gasteiger partial charge in [-0.15, -0.1) is 0 Å². The molecule has 0 saturated carbocycles. The molecule has 5 rings (SSSR count). The van der Waals surface area contributed by atoms with E-state index in [2.05, 4.69) is 55.4 Å². The average molecular weight is 478 g/mol. The minimum absolute atomic E-state index is 0.130. The monoisotopic (exact) mass is 477 g/mol. The second-order valence-corrected chi connectivity index (χ2v) is 8.45. The third kappa shape index (κ3) is 3.61. The number of halogens is 1. The van der Waals surface area contributed by atoms with Crippen LogP contribution < -0.4 is 0 Å². The summed E-state index contributed by atoms with van der Waals surface area (Å²) in [7, 11) is 0. The van der Waals surface area contributed by atoms with Crippen molar-refractivity contribution in [1.29, 1.82) is 0 Å². The smallest absolute Gasteiger partial charge is 0.257 e. The van der Waals surface area contributed by atoms with Crippen molar-refractivity contribution in [3.05, 3.63) is 88.1 Å². The number of aromatic nitrogens is 6. The first-order valence-corrected chi connectivity index (χ1v) is 10.6. The Balaban J connectivity index is 1.52. The maximum Gasteiger partial charge on any atom is 0.257 e. The highest BCUT2D eigenvalue weighted by Gasteiger charge is 2.21. The number of hydrogen-bond donors (Lipinski definition) is 1. The average Bonchev–Trinajstić information content (AvgIpc) is 3.50. The molecule has 0 aliphatic rings. The number of imidazole rings is 2.